The number of piperazine rings is 1. The Balaban J connectivity index is 1.64. The molecule has 0 bridgehead atoms. The molecule has 1 aliphatic heterocycles. The summed E-state index contributed by atoms with van der Waals surface area (Å²) in [4.78, 5) is 2.00. The summed E-state index contributed by atoms with van der Waals surface area (Å²) < 4.78 is 52.0. The van der Waals surface area contributed by atoms with Gasteiger partial charge in [-0.2, -0.15) is 18.2 Å². The first kappa shape index (κ1) is 18.0. The maximum absolute atomic E-state index is 12.6. The lowest BCUT2D eigenvalue weighted by molar-refractivity contribution is 0.0563. The Morgan fingerprint density at radius 2 is 1.84 bits per heavy atom. The van der Waals surface area contributed by atoms with Crippen LogP contribution < -0.4 is 0 Å². The van der Waals surface area contributed by atoms with E-state index in [1.54, 1.807) is 0 Å². The minimum atomic E-state index is -3.79. The van der Waals surface area contributed by atoms with Crippen LogP contribution in [0.2, 0.25) is 0 Å². The van der Waals surface area contributed by atoms with Crippen LogP contribution in [-0.4, -0.2) is 53.6 Å². The van der Waals surface area contributed by atoms with Crippen molar-refractivity contribution < 1.29 is 17.2 Å². The highest BCUT2D eigenvalue weighted by molar-refractivity contribution is 7.89. The van der Waals surface area contributed by atoms with Gasteiger partial charge in [0, 0.05) is 32.7 Å². The number of aromatic nitrogens is 2. The lowest BCUT2D eigenvalue weighted by atomic mass is 10.1. The first-order valence-electron chi connectivity index (χ1n) is 7.97. The van der Waals surface area contributed by atoms with Crippen molar-refractivity contribution in [3.05, 3.63) is 47.8 Å². The number of halogens is 2. The Kier molecular flexibility index (Phi) is 5.16. The van der Waals surface area contributed by atoms with E-state index < -0.39 is 16.6 Å². The largest absolute Gasteiger partial charge is 0.333 e. The van der Waals surface area contributed by atoms with Gasteiger partial charge in [-0.15, -0.1) is 0 Å². The van der Waals surface area contributed by atoms with E-state index in [0.29, 0.717) is 30.9 Å². The van der Waals surface area contributed by atoms with E-state index in [4.69, 9.17) is 0 Å². The molecule has 0 radical (unpaired) electrons. The molecule has 1 aromatic heterocycles. The zero-order chi connectivity index (χ0) is 18.0. The normalized spacial score (nSPS) is 17.3. The zero-order valence-corrected chi connectivity index (χ0v) is 14.7. The second kappa shape index (κ2) is 7.19. The van der Waals surface area contributed by atoms with Gasteiger partial charge in [0.15, 0.2) is 0 Å². The fourth-order valence-electron chi connectivity index (χ4n) is 2.87. The molecular weight excluding hydrogens is 350 g/mol. The third-order valence-corrected chi connectivity index (χ3v) is 6.25. The summed E-state index contributed by atoms with van der Waals surface area (Å²) in [6.07, 6.45) is 1.85. The number of hydrogen-bond acceptors (Lipinski definition) is 4. The number of alkyl halides is 2. The van der Waals surface area contributed by atoms with Gasteiger partial charge >= 0.3 is 6.55 Å². The highest BCUT2D eigenvalue weighted by Gasteiger charge is 2.30. The van der Waals surface area contributed by atoms with Crippen molar-refractivity contribution >= 4 is 10.0 Å². The summed E-state index contributed by atoms with van der Waals surface area (Å²) in [5.74, 6) is 0. The van der Waals surface area contributed by atoms with Crippen molar-refractivity contribution in [2.24, 2.45) is 0 Å². The van der Waals surface area contributed by atoms with Gasteiger partial charge in [-0.25, -0.2) is 13.1 Å². The van der Waals surface area contributed by atoms with E-state index in [0.717, 1.165) is 18.9 Å². The molecule has 1 fully saturated rings. The van der Waals surface area contributed by atoms with Gasteiger partial charge in [-0.3, -0.25) is 4.90 Å². The summed E-state index contributed by atoms with van der Waals surface area (Å²) in [7, 11) is -3.79. The molecule has 0 unspecified atom stereocenters. The van der Waals surface area contributed by atoms with Crippen molar-refractivity contribution in [3.63, 3.8) is 0 Å². The van der Waals surface area contributed by atoms with Crippen LogP contribution in [-0.2, 0) is 16.6 Å². The van der Waals surface area contributed by atoms with Gasteiger partial charge in [-0.05, 0) is 18.1 Å². The molecule has 0 spiro atoms. The topological polar surface area (TPSA) is 58.4 Å². The Morgan fingerprint density at radius 1 is 1.16 bits per heavy atom. The number of hydrogen-bond donors (Lipinski definition) is 0. The molecule has 2 aromatic rings. The second-order valence-corrected chi connectivity index (χ2v) is 7.98. The van der Waals surface area contributed by atoms with Crippen molar-refractivity contribution in [1.29, 1.82) is 0 Å². The monoisotopic (exact) mass is 370 g/mol. The van der Waals surface area contributed by atoms with Crippen molar-refractivity contribution in [2.45, 2.75) is 24.9 Å². The average molecular weight is 370 g/mol. The quantitative estimate of drug-likeness (QED) is 0.809. The van der Waals surface area contributed by atoms with Gasteiger partial charge in [-0.1, -0.05) is 24.3 Å². The molecule has 3 rings (SSSR count). The molecule has 136 valence electrons. The van der Waals surface area contributed by atoms with Gasteiger partial charge in [0.2, 0.25) is 10.0 Å². The molecule has 1 saturated heterocycles. The maximum atomic E-state index is 12.6. The molecule has 25 heavy (non-hydrogen) atoms. The smallest absolute Gasteiger partial charge is 0.296 e. The number of sulfonamides is 1. The minimum Gasteiger partial charge on any atom is -0.296 e. The van der Waals surface area contributed by atoms with Crippen LogP contribution in [0, 0.1) is 6.92 Å². The molecule has 6 nitrogen and oxygen atoms in total. The van der Waals surface area contributed by atoms with E-state index >= 15 is 0 Å². The zero-order valence-electron chi connectivity index (χ0n) is 13.8. The highest BCUT2D eigenvalue weighted by Crippen LogP contribution is 2.20. The molecule has 1 aromatic carbocycles. The van der Waals surface area contributed by atoms with Gasteiger partial charge in [0.1, 0.15) is 4.90 Å². The van der Waals surface area contributed by atoms with Crippen LogP contribution in [0.5, 0.6) is 0 Å². The lowest BCUT2D eigenvalue weighted by Crippen LogP contribution is -2.48. The third kappa shape index (κ3) is 3.88. The first-order valence-corrected chi connectivity index (χ1v) is 9.41. The molecule has 0 saturated carbocycles. The van der Waals surface area contributed by atoms with Crippen LogP contribution in [0.15, 0.2) is 41.6 Å². The molecule has 2 heterocycles. The minimum absolute atomic E-state index is 0.194. The van der Waals surface area contributed by atoms with Crippen LogP contribution in [0.1, 0.15) is 17.7 Å². The number of benzene rings is 1. The van der Waals surface area contributed by atoms with Gasteiger partial charge in [0.25, 0.3) is 0 Å². The number of rotatable bonds is 5. The van der Waals surface area contributed by atoms with Crippen LogP contribution in [0.4, 0.5) is 8.78 Å². The van der Waals surface area contributed by atoms with Gasteiger partial charge < -0.3 is 0 Å². The van der Waals surface area contributed by atoms with E-state index in [9.17, 15) is 17.2 Å². The van der Waals surface area contributed by atoms with E-state index in [1.165, 1.54) is 15.4 Å². The predicted octanol–water partition coefficient (Wildman–Crippen LogP) is 2.09. The number of nitrogens with zero attached hydrogens (tertiary/aromatic N) is 4. The maximum Gasteiger partial charge on any atom is 0.333 e. The van der Waals surface area contributed by atoms with Crippen LogP contribution in [0.25, 0.3) is 0 Å². The summed E-state index contributed by atoms with van der Waals surface area (Å²) in [5.41, 5.74) is 2.42. The Bertz CT molecular complexity index is 830. The molecule has 1 aliphatic rings. The summed E-state index contributed by atoms with van der Waals surface area (Å²) in [6.45, 7) is 1.81. The standard InChI is InChI=1S/C16H20F2N4O2S/c1-13-4-2-3-5-14(13)11-20-6-8-21(9-7-20)25(23,24)15-10-19-22(12-15)16(17)18/h2-5,10,12,16H,6-9,11H2,1H3. The molecule has 0 aliphatic carbocycles. The Hall–Kier alpha value is -1.84. The van der Waals surface area contributed by atoms with Crippen LogP contribution >= 0.6 is 0 Å². The fraction of sp³-hybridized carbons (Fsp3) is 0.438. The Morgan fingerprint density at radius 3 is 2.44 bits per heavy atom. The predicted molar refractivity (Wildman–Crippen MR) is 88.7 cm³/mol. The van der Waals surface area contributed by atoms with Crippen LogP contribution in [0.3, 0.4) is 0 Å². The third-order valence-electron chi connectivity index (χ3n) is 4.40. The first-order chi connectivity index (χ1) is 11.9. The summed E-state index contributed by atoms with van der Waals surface area (Å²) in [6, 6.07) is 8.10. The second-order valence-electron chi connectivity index (χ2n) is 6.04. The molecule has 9 heteroatoms. The van der Waals surface area contributed by atoms with E-state index in [2.05, 4.69) is 29.1 Å². The number of aryl methyl sites for hydroxylation is 1. The molecule has 0 N–H and O–H groups in total. The summed E-state index contributed by atoms with van der Waals surface area (Å²) in [5, 5.41) is 3.41. The molecule has 0 atom stereocenters. The lowest BCUT2D eigenvalue weighted by Gasteiger charge is -2.34. The van der Waals surface area contributed by atoms with E-state index in [1.807, 2.05) is 12.1 Å². The van der Waals surface area contributed by atoms with E-state index in [-0.39, 0.29) is 4.90 Å². The average Bonchev–Trinajstić information content (AvgIpc) is 3.09. The molecule has 0 amide bonds. The van der Waals surface area contributed by atoms with Gasteiger partial charge in [0.05, 0.1) is 12.4 Å². The Labute approximate surface area is 145 Å². The van der Waals surface area contributed by atoms with Crippen molar-refractivity contribution in [3.8, 4) is 0 Å². The molecular formula is C16H20F2N4O2S. The highest BCUT2D eigenvalue weighted by atomic mass is 32.2. The fourth-order valence-corrected chi connectivity index (χ4v) is 4.23. The summed E-state index contributed by atoms with van der Waals surface area (Å²) >= 11 is 0. The van der Waals surface area contributed by atoms with Crippen molar-refractivity contribution in [1.82, 2.24) is 19.0 Å². The SMILES string of the molecule is Cc1ccccc1CN1CCN(S(=O)(=O)c2cnn(C(F)F)c2)CC1. The van der Waals surface area contributed by atoms with Crippen molar-refractivity contribution in [2.75, 3.05) is 26.2 Å².